The van der Waals surface area contributed by atoms with Crippen LogP contribution in [0.1, 0.15) is 10.4 Å². The topological polar surface area (TPSA) is 38.9 Å². The van der Waals surface area contributed by atoms with E-state index in [1.807, 2.05) is 88.6 Å². The second-order valence-corrected chi connectivity index (χ2v) is 7.09. The van der Waals surface area contributed by atoms with Crippen molar-refractivity contribution < 1.29 is 14.4 Å². The molecule has 0 atom stereocenters. The Labute approximate surface area is 165 Å². The average molecular weight is 376 g/mol. The lowest BCUT2D eigenvalue weighted by Crippen LogP contribution is -3.15. The van der Waals surface area contributed by atoms with E-state index in [0.717, 1.165) is 49.7 Å². The number of carbonyl (C=O) groups is 1. The summed E-state index contributed by atoms with van der Waals surface area (Å²) in [5.74, 6) is 1.04. The van der Waals surface area contributed by atoms with Crippen LogP contribution in [0.15, 0.2) is 79.1 Å². The van der Waals surface area contributed by atoms with Gasteiger partial charge in [0.25, 0.3) is 5.91 Å². The van der Waals surface area contributed by atoms with Gasteiger partial charge in [-0.05, 0) is 48.5 Å². The number of ether oxygens (including phenoxy) is 1. The van der Waals surface area contributed by atoms with Crippen molar-refractivity contribution in [3.05, 3.63) is 84.7 Å². The quantitative estimate of drug-likeness (QED) is 0.714. The van der Waals surface area contributed by atoms with Gasteiger partial charge in [0.15, 0.2) is 0 Å². The van der Waals surface area contributed by atoms with Crippen molar-refractivity contribution >= 4 is 5.91 Å². The van der Waals surface area contributed by atoms with Gasteiger partial charge >= 0.3 is 0 Å². The molecule has 2 aromatic carbocycles. The highest BCUT2D eigenvalue weighted by molar-refractivity contribution is 5.94. The molecule has 1 fully saturated rings. The maximum atomic E-state index is 12.8. The predicted molar refractivity (Wildman–Crippen MR) is 109 cm³/mol. The Morgan fingerprint density at radius 1 is 0.893 bits per heavy atom. The highest BCUT2D eigenvalue weighted by Crippen LogP contribution is 2.12. The summed E-state index contributed by atoms with van der Waals surface area (Å²) in [6, 6.07) is 21.7. The van der Waals surface area contributed by atoms with Gasteiger partial charge in [0.1, 0.15) is 18.9 Å². The van der Waals surface area contributed by atoms with Crippen LogP contribution in [0.2, 0.25) is 0 Å². The van der Waals surface area contributed by atoms with Crippen LogP contribution in [0.4, 0.5) is 0 Å². The molecule has 1 aromatic heterocycles. The Balaban J connectivity index is 1.24. The molecule has 1 saturated heterocycles. The van der Waals surface area contributed by atoms with Crippen LogP contribution >= 0.6 is 0 Å². The van der Waals surface area contributed by atoms with Gasteiger partial charge in [-0.3, -0.25) is 4.79 Å². The van der Waals surface area contributed by atoms with Crippen LogP contribution in [0, 0.1) is 0 Å². The van der Waals surface area contributed by atoms with Crippen molar-refractivity contribution in [2.45, 2.75) is 0 Å². The molecule has 1 amide bonds. The first-order valence-corrected chi connectivity index (χ1v) is 9.84. The van der Waals surface area contributed by atoms with Gasteiger partial charge in [-0.1, -0.05) is 18.2 Å². The lowest BCUT2D eigenvalue weighted by atomic mass is 10.1. The van der Waals surface area contributed by atoms with Gasteiger partial charge in [0.05, 0.1) is 26.2 Å². The molecule has 4 rings (SSSR count). The molecule has 5 nitrogen and oxygen atoms in total. The lowest BCUT2D eigenvalue weighted by Gasteiger charge is -2.32. The first-order valence-electron chi connectivity index (χ1n) is 9.84. The van der Waals surface area contributed by atoms with Gasteiger partial charge in [-0.25, -0.2) is 0 Å². The van der Waals surface area contributed by atoms with E-state index in [1.165, 1.54) is 4.90 Å². The molecule has 0 aliphatic carbocycles. The Kier molecular flexibility index (Phi) is 5.73. The second-order valence-electron chi connectivity index (χ2n) is 7.09. The first-order chi connectivity index (χ1) is 13.8. The van der Waals surface area contributed by atoms with Gasteiger partial charge < -0.3 is 19.1 Å². The Morgan fingerprint density at radius 3 is 2.25 bits per heavy atom. The van der Waals surface area contributed by atoms with Crippen LogP contribution in [0.5, 0.6) is 5.75 Å². The standard InChI is InChI=1S/C23H25N3O2/c27-23(20-8-10-21(11-9-20)25-12-4-5-13-25)26-16-14-24(15-17-26)18-19-28-22-6-2-1-3-7-22/h1-13H,14-19H2/p+1. The third-order valence-corrected chi connectivity index (χ3v) is 5.24. The fourth-order valence-electron chi connectivity index (χ4n) is 3.57. The van der Waals surface area contributed by atoms with Crippen LogP contribution in [0.3, 0.4) is 0 Å². The maximum absolute atomic E-state index is 12.8. The number of aromatic nitrogens is 1. The van der Waals surface area contributed by atoms with Gasteiger partial charge in [-0.2, -0.15) is 0 Å². The molecular formula is C23H26N3O2+. The van der Waals surface area contributed by atoms with Crippen molar-refractivity contribution in [1.29, 1.82) is 0 Å². The minimum absolute atomic E-state index is 0.124. The molecule has 1 aliphatic rings. The van der Waals surface area contributed by atoms with E-state index in [1.54, 1.807) is 0 Å². The summed E-state index contributed by atoms with van der Waals surface area (Å²) < 4.78 is 7.83. The Morgan fingerprint density at radius 2 is 1.57 bits per heavy atom. The Bertz CT molecular complexity index is 868. The van der Waals surface area contributed by atoms with E-state index in [-0.39, 0.29) is 5.91 Å². The smallest absolute Gasteiger partial charge is 0.254 e. The SMILES string of the molecule is O=C(c1ccc(-n2cccc2)cc1)N1CC[NH+](CCOc2ccccc2)CC1. The fraction of sp³-hybridized carbons (Fsp3) is 0.261. The van der Waals surface area contributed by atoms with Crippen LogP contribution < -0.4 is 9.64 Å². The van der Waals surface area contributed by atoms with Gasteiger partial charge in [0.2, 0.25) is 0 Å². The molecule has 0 saturated carbocycles. The fourth-order valence-corrected chi connectivity index (χ4v) is 3.57. The molecule has 0 bridgehead atoms. The zero-order chi connectivity index (χ0) is 19.2. The summed E-state index contributed by atoms with van der Waals surface area (Å²) in [7, 11) is 0. The molecule has 28 heavy (non-hydrogen) atoms. The number of hydrogen-bond acceptors (Lipinski definition) is 2. The van der Waals surface area contributed by atoms with E-state index in [4.69, 9.17) is 4.74 Å². The summed E-state index contributed by atoms with van der Waals surface area (Å²) in [5, 5.41) is 0. The molecule has 144 valence electrons. The number of piperazine rings is 1. The molecular weight excluding hydrogens is 350 g/mol. The monoisotopic (exact) mass is 376 g/mol. The molecule has 0 unspecified atom stereocenters. The number of carbonyl (C=O) groups excluding carboxylic acids is 1. The van der Waals surface area contributed by atoms with Crippen molar-refractivity contribution in [2.24, 2.45) is 0 Å². The van der Waals surface area contributed by atoms with E-state index >= 15 is 0 Å². The second kappa shape index (κ2) is 8.76. The maximum Gasteiger partial charge on any atom is 0.254 e. The molecule has 5 heteroatoms. The number of benzene rings is 2. The highest BCUT2D eigenvalue weighted by Gasteiger charge is 2.24. The summed E-state index contributed by atoms with van der Waals surface area (Å²) in [5.41, 5.74) is 1.82. The van der Waals surface area contributed by atoms with Gasteiger partial charge in [0, 0.05) is 23.6 Å². The number of hydrogen-bond donors (Lipinski definition) is 1. The van der Waals surface area contributed by atoms with Crippen molar-refractivity contribution in [3.8, 4) is 11.4 Å². The van der Waals surface area contributed by atoms with Crippen LogP contribution in [0.25, 0.3) is 5.69 Å². The minimum Gasteiger partial charge on any atom is -0.488 e. The first kappa shape index (κ1) is 18.3. The minimum atomic E-state index is 0.124. The summed E-state index contributed by atoms with van der Waals surface area (Å²) in [6.07, 6.45) is 4.00. The van der Waals surface area contributed by atoms with E-state index in [9.17, 15) is 4.79 Å². The molecule has 3 aromatic rings. The number of rotatable bonds is 6. The van der Waals surface area contributed by atoms with Gasteiger partial charge in [-0.15, -0.1) is 0 Å². The van der Waals surface area contributed by atoms with Crippen molar-refractivity contribution in [2.75, 3.05) is 39.3 Å². The van der Waals surface area contributed by atoms with E-state index in [2.05, 4.69) is 0 Å². The van der Waals surface area contributed by atoms with Crippen molar-refractivity contribution in [1.82, 2.24) is 9.47 Å². The van der Waals surface area contributed by atoms with Crippen LogP contribution in [-0.4, -0.2) is 54.7 Å². The third kappa shape index (κ3) is 4.43. The summed E-state index contributed by atoms with van der Waals surface area (Å²) in [4.78, 5) is 16.2. The zero-order valence-corrected chi connectivity index (χ0v) is 16.0. The van der Waals surface area contributed by atoms with E-state index < -0.39 is 0 Å². The highest BCUT2D eigenvalue weighted by atomic mass is 16.5. The number of nitrogens with zero attached hydrogens (tertiary/aromatic N) is 2. The Hall–Kier alpha value is -3.05. The lowest BCUT2D eigenvalue weighted by molar-refractivity contribution is -0.903. The molecule has 1 aliphatic heterocycles. The number of para-hydroxylation sites is 1. The van der Waals surface area contributed by atoms with Crippen LogP contribution in [-0.2, 0) is 0 Å². The number of amides is 1. The number of nitrogens with one attached hydrogen (secondary N) is 1. The van der Waals surface area contributed by atoms with Crippen molar-refractivity contribution in [3.63, 3.8) is 0 Å². The summed E-state index contributed by atoms with van der Waals surface area (Å²) >= 11 is 0. The molecule has 1 N–H and O–H groups in total. The average Bonchev–Trinajstić information content (AvgIpc) is 3.30. The third-order valence-electron chi connectivity index (χ3n) is 5.24. The molecule has 2 heterocycles. The molecule has 0 spiro atoms. The largest absolute Gasteiger partial charge is 0.488 e. The number of quaternary nitrogens is 1. The predicted octanol–water partition coefficient (Wildman–Crippen LogP) is 1.90. The summed E-state index contributed by atoms with van der Waals surface area (Å²) in [6.45, 7) is 5.17. The molecule has 0 radical (unpaired) electrons. The van der Waals surface area contributed by atoms with E-state index in [0.29, 0.717) is 6.61 Å². The normalized spacial score (nSPS) is 14.8. The zero-order valence-electron chi connectivity index (χ0n) is 16.0.